The number of likely N-dealkylation sites (tertiary alicyclic amines) is 1. The molecule has 1 atom stereocenters. The number of alkyl halides is 1. The number of carbonyl (C=O) groups is 1. The molecule has 0 bridgehead atoms. The lowest BCUT2D eigenvalue weighted by Crippen LogP contribution is -2.39. The standard InChI is InChI=1S/C11H18BrNO2/c12-9-3-5-13(6-4-9)11(14)8-10-2-1-7-15-10/h9-10H,1-8H2. The highest BCUT2D eigenvalue weighted by Crippen LogP contribution is 2.20. The Morgan fingerprint density at radius 1 is 1.33 bits per heavy atom. The Morgan fingerprint density at radius 2 is 2.07 bits per heavy atom. The van der Waals surface area contributed by atoms with Gasteiger partial charge in [-0.3, -0.25) is 4.79 Å². The van der Waals surface area contributed by atoms with Gasteiger partial charge in [-0.15, -0.1) is 0 Å². The van der Waals surface area contributed by atoms with Crippen molar-refractivity contribution in [3.63, 3.8) is 0 Å². The van der Waals surface area contributed by atoms with Crippen LogP contribution in [-0.2, 0) is 9.53 Å². The molecule has 0 aromatic heterocycles. The number of rotatable bonds is 2. The minimum absolute atomic E-state index is 0.194. The van der Waals surface area contributed by atoms with Gasteiger partial charge < -0.3 is 9.64 Å². The van der Waals surface area contributed by atoms with Gasteiger partial charge in [0.15, 0.2) is 0 Å². The van der Waals surface area contributed by atoms with Gasteiger partial charge in [-0.2, -0.15) is 0 Å². The summed E-state index contributed by atoms with van der Waals surface area (Å²) in [5, 5.41) is 0. The number of nitrogens with zero attached hydrogens (tertiary/aromatic N) is 1. The predicted molar refractivity (Wildman–Crippen MR) is 62.1 cm³/mol. The number of ether oxygens (including phenoxy) is 1. The molecule has 2 aliphatic rings. The lowest BCUT2D eigenvalue weighted by Gasteiger charge is -2.30. The SMILES string of the molecule is O=C(CC1CCCO1)N1CCC(Br)CC1. The Bertz CT molecular complexity index is 221. The van der Waals surface area contributed by atoms with E-state index in [-0.39, 0.29) is 12.0 Å². The molecule has 0 radical (unpaired) electrons. The minimum atomic E-state index is 0.194. The quantitative estimate of drug-likeness (QED) is 0.721. The Kier molecular flexibility index (Phi) is 4.03. The number of halogens is 1. The first-order valence-corrected chi connectivity index (χ1v) is 6.71. The summed E-state index contributed by atoms with van der Waals surface area (Å²) in [6.07, 6.45) is 5.11. The van der Waals surface area contributed by atoms with Crippen LogP contribution in [0.15, 0.2) is 0 Å². The van der Waals surface area contributed by atoms with E-state index in [4.69, 9.17) is 4.74 Å². The van der Waals surface area contributed by atoms with Gasteiger partial charge in [0, 0.05) is 24.5 Å². The van der Waals surface area contributed by atoms with Crippen molar-refractivity contribution in [3.05, 3.63) is 0 Å². The van der Waals surface area contributed by atoms with Crippen LogP contribution in [-0.4, -0.2) is 41.4 Å². The number of amides is 1. The van der Waals surface area contributed by atoms with Gasteiger partial charge in [0.05, 0.1) is 12.5 Å². The van der Waals surface area contributed by atoms with Crippen molar-refractivity contribution in [2.45, 2.75) is 43.0 Å². The minimum Gasteiger partial charge on any atom is -0.378 e. The molecule has 4 heteroatoms. The molecular formula is C11H18BrNO2. The van der Waals surface area contributed by atoms with Crippen LogP contribution in [0.3, 0.4) is 0 Å². The second-order valence-electron chi connectivity index (χ2n) is 4.39. The molecule has 2 saturated heterocycles. The molecular weight excluding hydrogens is 258 g/mol. The summed E-state index contributed by atoms with van der Waals surface area (Å²) in [6, 6.07) is 0. The third-order valence-corrected chi connectivity index (χ3v) is 4.12. The van der Waals surface area contributed by atoms with Crippen LogP contribution in [0.2, 0.25) is 0 Å². The highest BCUT2D eigenvalue weighted by Gasteiger charge is 2.25. The molecule has 0 aromatic rings. The third-order valence-electron chi connectivity index (χ3n) is 3.20. The van der Waals surface area contributed by atoms with E-state index in [1.165, 1.54) is 0 Å². The molecule has 2 aliphatic heterocycles. The van der Waals surface area contributed by atoms with Crippen LogP contribution in [0.5, 0.6) is 0 Å². The Hall–Kier alpha value is -0.0900. The van der Waals surface area contributed by atoms with Crippen molar-refractivity contribution < 1.29 is 9.53 Å². The largest absolute Gasteiger partial charge is 0.378 e. The second-order valence-corrected chi connectivity index (χ2v) is 5.69. The summed E-state index contributed by atoms with van der Waals surface area (Å²) in [4.78, 5) is 14.5. The first-order valence-electron chi connectivity index (χ1n) is 5.79. The molecule has 86 valence electrons. The highest BCUT2D eigenvalue weighted by molar-refractivity contribution is 9.09. The zero-order valence-electron chi connectivity index (χ0n) is 8.95. The monoisotopic (exact) mass is 275 g/mol. The van der Waals surface area contributed by atoms with Crippen molar-refractivity contribution in [3.8, 4) is 0 Å². The Morgan fingerprint density at radius 3 is 2.67 bits per heavy atom. The normalized spacial score (nSPS) is 28.3. The van der Waals surface area contributed by atoms with Gasteiger partial charge >= 0.3 is 0 Å². The maximum absolute atomic E-state index is 11.9. The molecule has 0 saturated carbocycles. The molecule has 2 rings (SSSR count). The topological polar surface area (TPSA) is 29.5 Å². The van der Waals surface area contributed by atoms with Gasteiger partial charge in [0.2, 0.25) is 5.91 Å². The van der Waals surface area contributed by atoms with Crippen LogP contribution >= 0.6 is 15.9 Å². The zero-order chi connectivity index (χ0) is 10.7. The van der Waals surface area contributed by atoms with Crippen LogP contribution in [0, 0.1) is 0 Å². The van der Waals surface area contributed by atoms with Gasteiger partial charge in [0.1, 0.15) is 0 Å². The van der Waals surface area contributed by atoms with Crippen molar-refractivity contribution in [1.82, 2.24) is 4.90 Å². The fourth-order valence-electron chi connectivity index (χ4n) is 2.23. The van der Waals surface area contributed by atoms with Crippen molar-refractivity contribution in [2.75, 3.05) is 19.7 Å². The first-order chi connectivity index (χ1) is 7.25. The molecule has 2 heterocycles. The third kappa shape index (κ3) is 3.18. The molecule has 0 aliphatic carbocycles. The van der Waals surface area contributed by atoms with Gasteiger partial charge in [0.25, 0.3) is 0 Å². The molecule has 0 N–H and O–H groups in total. The average Bonchev–Trinajstić information content (AvgIpc) is 2.71. The molecule has 3 nitrogen and oxygen atoms in total. The highest BCUT2D eigenvalue weighted by atomic mass is 79.9. The van der Waals surface area contributed by atoms with E-state index in [1.807, 2.05) is 4.90 Å². The van der Waals surface area contributed by atoms with Crippen molar-refractivity contribution in [2.24, 2.45) is 0 Å². The number of piperidine rings is 1. The van der Waals surface area contributed by atoms with Crippen LogP contribution in [0.4, 0.5) is 0 Å². The number of hydrogen-bond acceptors (Lipinski definition) is 2. The molecule has 15 heavy (non-hydrogen) atoms. The summed E-state index contributed by atoms with van der Waals surface area (Å²) in [5.74, 6) is 0.279. The van der Waals surface area contributed by atoms with Crippen LogP contribution in [0.1, 0.15) is 32.1 Å². The predicted octanol–water partition coefficient (Wildman–Crippen LogP) is 1.94. The van der Waals surface area contributed by atoms with Crippen LogP contribution in [0.25, 0.3) is 0 Å². The van der Waals surface area contributed by atoms with Crippen LogP contribution < -0.4 is 0 Å². The fraction of sp³-hybridized carbons (Fsp3) is 0.909. The lowest BCUT2D eigenvalue weighted by atomic mass is 10.1. The second kappa shape index (κ2) is 5.30. The molecule has 1 amide bonds. The van der Waals surface area contributed by atoms with E-state index in [2.05, 4.69) is 15.9 Å². The van der Waals surface area contributed by atoms with E-state index >= 15 is 0 Å². The molecule has 1 unspecified atom stereocenters. The maximum Gasteiger partial charge on any atom is 0.225 e. The average molecular weight is 276 g/mol. The van der Waals surface area contributed by atoms with Gasteiger partial charge in [-0.05, 0) is 25.7 Å². The lowest BCUT2D eigenvalue weighted by molar-refractivity contribution is -0.134. The first kappa shape index (κ1) is 11.4. The Labute approximate surface area is 99.3 Å². The number of carbonyl (C=O) groups excluding carboxylic acids is 1. The summed E-state index contributed by atoms with van der Waals surface area (Å²) >= 11 is 3.59. The van der Waals surface area contributed by atoms with E-state index in [9.17, 15) is 4.79 Å². The Balaban J connectivity index is 1.75. The maximum atomic E-state index is 11.9. The number of hydrogen-bond donors (Lipinski definition) is 0. The molecule has 0 spiro atoms. The summed E-state index contributed by atoms with van der Waals surface area (Å²) in [6.45, 7) is 2.64. The van der Waals surface area contributed by atoms with E-state index in [0.29, 0.717) is 11.2 Å². The van der Waals surface area contributed by atoms with E-state index in [0.717, 1.165) is 45.4 Å². The van der Waals surface area contributed by atoms with E-state index < -0.39 is 0 Å². The smallest absolute Gasteiger partial charge is 0.225 e. The van der Waals surface area contributed by atoms with Gasteiger partial charge in [-0.25, -0.2) is 0 Å². The molecule has 2 fully saturated rings. The summed E-state index contributed by atoms with van der Waals surface area (Å²) in [5.41, 5.74) is 0. The van der Waals surface area contributed by atoms with Crippen molar-refractivity contribution >= 4 is 21.8 Å². The van der Waals surface area contributed by atoms with Crippen molar-refractivity contribution in [1.29, 1.82) is 0 Å². The summed E-state index contributed by atoms with van der Waals surface area (Å²) < 4.78 is 5.48. The molecule has 0 aromatic carbocycles. The fourth-order valence-corrected chi connectivity index (χ4v) is 2.64. The van der Waals surface area contributed by atoms with E-state index in [1.54, 1.807) is 0 Å². The van der Waals surface area contributed by atoms with Gasteiger partial charge in [-0.1, -0.05) is 15.9 Å². The summed E-state index contributed by atoms with van der Waals surface area (Å²) in [7, 11) is 0. The zero-order valence-corrected chi connectivity index (χ0v) is 10.5.